The van der Waals surface area contributed by atoms with Gasteiger partial charge in [-0.05, 0) is 18.8 Å². The normalized spacial score (nSPS) is 17.6. The molecule has 0 saturated carbocycles. The molecule has 3 heterocycles. The summed E-state index contributed by atoms with van der Waals surface area (Å²) in [5.74, 6) is 1.74. The lowest BCUT2D eigenvalue weighted by atomic mass is 9.99. The summed E-state index contributed by atoms with van der Waals surface area (Å²) in [4.78, 5) is 14.3. The molecule has 2 aromatic heterocycles. The van der Waals surface area contributed by atoms with Crippen LogP contribution in [0.5, 0.6) is 0 Å². The van der Waals surface area contributed by atoms with Crippen LogP contribution in [-0.4, -0.2) is 33.1 Å². The van der Waals surface area contributed by atoms with E-state index < -0.39 is 0 Å². The zero-order chi connectivity index (χ0) is 14.8. The van der Waals surface area contributed by atoms with Gasteiger partial charge in [0.15, 0.2) is 11.6 Å². The minimum Gasteiger partial charge on any atom is -0.357 e. The van der Waals surface area contributed by atoms with Crippen LogP contribution in [0.3, 0.4) is 0 Å². The van der Waals surface area contributed by atoms with Crippen molar-refractivity contribution in [2.45, 2.75) is 32.7 Å². The van der Waals surface area contributed by atoms with Gasteiger partial charge in [-0.25, -0.2) is 19.3 Å². The number of halogens is 1. The molecule has 0 aliphatic carbocycles. The highest BCUT2D eigenvalue weighted by Crippen LogP contribution is 2.23. The molecule has 3 rings (SSSR count). The molecule has 1 aliphatic rings. The molecule has 1 atom stereocenters. The molecule has 0 N–H and O–H groups in total. The van der Waals surface area contributed by atoms with Gasteiger partial charge in [-0.1, -0.05) is 6.92 Å². The second-order valence-electron chi connectivity index (χ2n) is 5.59. The van der Waals surface area contributed by atoms with Crippen molar-refractivity contribution in [3.63, 3.8) is 0 Å². The Morgan fingerprint density at radius 1 is 1.38 bits per heavy atom. The first kappa shape index (κ1) is 14.0. The standard InChI is InChI=1S/C15H20FN5/c1-3-12-14(16)15(19-10-18-12)20(2)8-11-4-5-13-17-6-7-21(13)9-11/h6-7,10-11H,3-5,8-9H2,1-2H3/t11-/m1/s1. The average molecular weight is 289 g/mol. The fraction of sp³-hybridized carbons (Fsp3) is 0.533. The number of hydrogen-bond donors (Lipinski definition) is 0. The third-order valence-electron chi connectivity index (χ3n) is 4.10. The van der Waals surface area contributed by atoms with Gasteiger partial charge in [-0.3, -0.25) is 0 Å². The molecule has 6 heteroatoms. The zero-order valence-corrected chi connectivity index (χ0v) is 12.5. The third kappa shape index (κ3) is 2.75. The second-order valence-corrected chi connectivity index (χ2v) is 5.59. The molecule has 21 heavy (non-hydrogen) atoms. The van der Waals surface area contributed by atoms with E-state index in [2.05, 4.69) is 19.5 Å². The van der Waals surface area contributed by atoms with Crippen molar-refractivity contribution in [1.82, 2.24) is 19.5 Å². The van der Waals surface area contributed by atoms with Crippen molar-refractivity contribution in [2.75, 3.05) is 18.5 Å². The van der Waals surface area contributed by atoms with E-state index in [-0.39, 0.29) is 5.82 Å². The molecule has 0 spiro atoms. The van der Waals surface area contributed by atoms with Crippen molar-refractivity contribution in [2.24, 2.45) is 5.92 Å². The number of anilines is 1. The molecule has 0 aromatic carbocycles. The quantitative estimate of drug-likeness (QED) is 0.864. The van der Waals surface area contributed by atoms with Gasteiger partial charge in [0.05, 0.1) is 5.69 Å². The maximum atomic E-state index is 14.3. The molecular formula is C15H20FN5. The van der Waals surface area contributed by atoms with Gasteiger partial charge in [-0.2, -0.15) is 0 Å². The summed E-state index contributed by atoms with van der Waals surface area (Å²) < 4.78 is 16.5. The van der Waals surface area contributed by atoms with Gasteiger partial charge in [-0.15, -0.1) is 0 Å². The van der Waals surface area contributed by atoms with E-state index in [0.29, 0.717) is 23.9 Å². The number of rotatable bonds is 4. The lowest BCUT2D eigenvalue weighted by Crippen LogP contribution is -2.32. The van der Waals surface area contributed by atoms with Crippen molar-refractivity contribution in [1.29, 1.82) is 0 Å². The Morgan fingerprint density at radius 3 is 3.05 bits per heavy atom. The third-order valence-corrected chi connectivity index (χ3v) is 4.10. The smallest absolute Gasteiger partial charge is 0.187 e. The lowest BCUT2D eigenvalue weighted by Gasteiger charge is -2.29. The van der Waals surface area contributed by atoms with E-state index in [0.717, 1.165) is 31.8 Å². The second kappa shape index (κ2) is 5.79. The van der Waals surface area contributed by atoms with E-state index in [1.165, 1.54) is 6.33 Å². The maximum Gasteiger partial charge on any atom is 0.187 e. The van der Waals surface area contributed by atoms with E-state index in [1.54, 1.807) is 0 Å². The van der Waals surface area contributed by atoms with Crippen molar-refractivity contribution < 1.29 is 4.39 Å². The first-order chi connectivity index (χ1) is 10.2. The fourth-order valence-electron chi connectivity index (χ4n) is 2.97. The number of aromatic nitrogens is 4. The molecule has 112 valence electrons. The van der Waals surface area contributed by atoms with Crippen LogP contribution in [0.1, 0.15) is 24.9 Å². The van der Waals surface area contributed by atoms with Crippen LogP contribution in [0, 0.1) is 11.7 Å². The summed E-state index contributed by atoms with van der Waals surface area (Å²) in [6, 6.07) is 0. The van der Waals surface area contributed by atoms with Gasteiger partial charge < -0.3 is 9.47 Å². The van der Waals surface area contributed by atoms with Crippen molar-refractivity contribution in [3.8, 4) is 0 Å². The molecule has 5 nitrogen and oxygen atoms in total. The van der Waals surface area contributed by atoms with E-state index >= 15 is 0 Å². The summed E-state index contributed by atoms with van der Waals surface area (Å²) in [5, 5.41) is 0. The molecule has 0 unspecified atom stereocenters. The Morgan fingerprint density at radius 2 is 2.24 bits per heavy atom. The minimum absolute atomic E-state index is 0.290. The van der Waals surface area contributed by atoms with Crippen LogP contribution in [0.15, 0.2) is 18.7 Å². The van der Waals surface area contributed by atoms with Crippen LogP contribution in [0.4, 0.5) is 10.2 Å². The summed E-state index contributed by atoms with van der Waals surface area (Å²) in [6.45, 7) is 3.62. The van der Waals surface area contributed by atoms with E-state index in [1.807, 2.05) is 31.3 Å². The predicted octanol–water partition coefficient (Wildman–Crippen LogP) is 2.07. The van der Waals surface area contributed by atoms with Crippen LogP contribution in [0.25, 0.3) is 0 Å². The first-order valence-corrected chi connectivity index (χ1v) is 7.39. The van der Waals surface area contributed by atoms with Gasteiger partial charge in [0.25, 0.3) is 0 Å². The number of nitrogens with zero attached hydrogens (tertiary/aromatic N) is 5. The number of aryl methyl sites for hydroxylation is 2. The molecular weight excluding hydrogens is 269 g/mol. The van der Waals surface area contributed by atoms with Gasteiger partial charge in [0, 0.05) is 39.0 Å². The van der Waals surface area contributed by atoms with Crippen molar-refractivity contribution in [3.05, 3.63) is 36.1 Å². The SMILES string of the molecule is CCc1ncnc(N(C)C[C@H]2CCc3nccn3C2)c1F. The highest BCUT2D eigenvalue weighted by molar-refractivity contribution is 5.40. The van der Waals surface area contributed by atoms with Gasteiger partial charge >= 0.3 is 0 Å². The topological polar surface area (TPSA) is 46.8 Å². The Bertz CT molecular complexity index is 624. The van der Waals surface area contributed by atoms with Crippen LogP contribution in [-0.2, 0) is 19.4 Å². The lowest BCUT2D eigenvalue weighted by molar-refractivity contribution is 0.367. The van der Waals surface area contributed by atoms with Crippen LogP contribution < -0.4 is 4.90 Å². The highest BCUT2D eigenvalue weighted by atomic mass is 19.1. The largest absolute Gasteiger partial charge is 0.357 e. The molecule has 0 fully saturated rings. The van der Waals surface area contributed by atoms with Crippen molar-refractivity contribution >= 4 is 5.82 Å². The molecule has 1 aliphatic heterocycles. The molecule has 0 radical (unpaired) electrons. The fourth-order valence-corrected chi connectivity index (χ4v) is 2.97. The van der Waals surface area contributed by atoms with E-state index in [9.17, 15) is 4.39 Å². The van der Waals surface area contributed by atoms with Gasteiger partial charge in [0.2, 0.25) is 0 Å². The zero-order valence-electron chi connectivity index (χ0n) is 12.5. The first-order valence-electron chi connectivity index (χ1n) is 7.39. The van der Waals surface area contributed by atoms with Gasteiger partial charge in [0.1, 0.15) is 12.2 Å². The highest BCUT2D eigenvalue weighted by Gasteiger charge is 2.22. The predicted molar refractivity (Wildman–Crippen MR) is 78.7 cm³/mol. The number of hydrogen-bond acceptors (Lipinski definition) is 4. The maximum absolute atomic E-state index is 14.3. The summed E-state index contributed by atoms with van der Waals surface area (Å²) in [5.41, 5.74) is 0.479. The Hall–Kier alpha value is -1.98. The van der Waals surface area contributed by atoms with Crippen LogP contribution >= 0.6 is 0 Å². The molecule has 0 saturated heterocycles. The number of imidazole rings is 1. The Balaban J connectivity index is 1.71. The summed E-state index contributed by atoms with van der Waals surface area (Å²) >= 11 is 0. The van der Waals surface area contributed by atoms with Crippen LogP contribution in [0.2, 0.25) is 0 Å². The summed E-state index contributed by atoms with van der Waals surface area (Å²) in [7, 11) is 1.90. The average Bonchev–Trinajstić information content (AvgIpc) is 2.95. The van der Waals surface area contributed by atoms with E-state index in [4.69, 9.17) is 0 Å². The Labute approximate surface area is 123 Å². The Kier molecular flexibility index (Phi) is 3.86. The monoisotopic (exact) mass is 289 g/mol. The molecule has 0 amide bonds. The molecule has 0 bridgehead atoms. The molecule has 2 aromatic rings. The summed E-state index contributed by atoms with van der Waals surface area (Å²) in [6.07, 6.45) is 7.95. The number of fused-ring (bicyclic) bond motifs is 1. The minimum atomic E-state index is -0.290.